The molecule has 0 saturated heterocycles. The van der Waals surface area contributed by atoms with Crippen LogP contribution in [0.25, 0.3) is 0 Å². The van der Waals surface area contributed by atoms with Crippen LogP contribution < -0.4 is 5.32 Å². The summed E-state index contributed by atoms with van der Waals surface area (Å²) in [6.07, 6.45) is 0.466. The van der Waals surface area contributed by atoms with Crippen molar-refractivity contribution in [1.29, 1.82) is 0 Å². The fourth-order valence-corrected chi connectivity index (χ4v) is 5.06. The first kappa shape index (κ1) is 14.7. The number of fused-ring (bicyclic) bond motifs is 1. The largest absolute Gasteiger partial charge is 0.303 e. The van der Waals surface area contributed by atoms with E-state index in [1.165, 1.54) is 18.2 Å². The lowest BCUT2D eigenvalue weighted by Gasteiger charge is -2.29. The number of thiophene rings is 1. The molecule has 0 bridgehead atoms. The third kappa shape index (κ3) is 2.88. The Hall–Kier alpha value is -1.24. The summed E-state index contributed by atoms with van der Waals surface area (Å²) in [7, 11) is -3.29. The van der Waals surface area contributed by atoms with Crippen LogP contribution in [0.15, 0.2) is 39.9 Å². The van der Waals surface area contributed by atoms with Crippen molar-refractivity contribution in [2.75, 3.05) is 5.75 Å². The van der Waals surface area contributed by atoms with E-state index in [0.717, 1.165) is 5.56 Å². The zero-order valence-corrected chi connectivity index (χ0v) is 13.2. The predicted molar refractivity (Wildman–Crippen MR) is 81.7 cm³/mol. The van der Waals surface area contributed by atoms with E-state index in [9.17, 15) is 12.8 Å². The fourth-order valence-electron chi connectivity index (χ4n) is 2.71. The third-order valence-corrected chi connectivity index (χ3v) is 6.37. The first-order valence-electron chi connectivity index (χ1n) is 6.78. The highest BCUT2D eigenvalue weighted by Gasteiger charge is 2.31. The molecule has 0 amide bonds. The lowest BCUT2D eigenvalue weighted by molar-refractivity contribution is 0.439. The molecule has 6 heteroatoms. The summed E-state index contributed by atoms with van der Waals surface area (Å²) in [5, 5.41) is 7.48. The van der Waals surface area contributed by atoms with E-state index in [2.05, 4.69) is 10.7 Å². The molecular formula is C15H16FNO2S2. The third-order valence-electron chi connectivity index (χ3n) is 3.85. The van der Waals surface area contributed by atoms with Gasteiger partial charge in [-0.25, -0.2) is 12.8 Å². The van der Waals surface area contributed by atoms with Gasteiger partial charge in [-0.3, -0.25) is 0 Å². The number of benzene rings is 1. The zero-order valence-electron chi connectivity index (χ0n) is 11.5. The summed E-state index contributed by atoms with van der Waals surface area (Å²) in [5.41, 5.74) is 1.70. The van der Waals surface area contributed by atoms with Gasteiger partial charge in [0.15, 0.2) is 9.84 Å². The van der Waals surface area contributed by atoms with Crippen molar-refractivity contribution in [2.24, 2.45) is 0 Å². The SMILES string of the molecule is CC(NC1CCS(=O)(=O)c2ccc(F)cc21)c1ccsc1. The molecule has 2 unspecified atom stereocenters. The zero-order chi connectivity index (χ0) is 15.0. The molecule has 1 aliphatic heterocycles. The molecule has 0 fully saturated rings. The normalized spacial score (nSPS) is 21.7. The summed E-state index contributed by atoms with van der Waals surface area (Å²) < 4.78 is 37.7. The van der Waals surface area contributed by atoms with Gasteiger partial charge in [0.2, 0.25) is 0 Å². The molecule has 2 atom stereocenters. The molecule has 3 nitrogen and oxygen atoms in total. The van der Waals surface area contributed by atoms with Crippen LogP contribution in [0.4, 0.5) is 4.39 Å². The van der Waals surface area contributed by atoms with Gasteiger partial charge in [0.1, 0.15) is 5.82 Å². The van der Waals surface area contributed by atoms with Crippen LogP contribution >= 0.6 is 11.3 Å². The average molecular weight is 325 g/mol. The van der Waals surface area contributed by atoms with Crippen molar-refractivity contribution in [3.8, 4) is 0 Å². The van der Waals surface area contributed by atoms with Crippen molar-refractivity contribution >= 4 is 21.2 Å². The van der Waals surface area contributed by atoms with Crippen molar-refractivity contribution in [3.63, 3.8) is 0 Å². The summed E-state index contributed by atoms with van der Waals surface area (Å²) in [4.78, 5) is 0.255. The Morgan fingerprint density at radius 1 is 1.38 bits per heavy atom. The molecule has 0 spiro atoms. The Kier molecular flexibility index (Phi) is 3.86. The fraction of sp³-hybridized carbons (Fsp3) is 0.333. The van der Waals surface area contributed by atoms with Crippen molar-refractivity contribution in [1.82, 2.24) is 5.32 Å². The van der Waals surface area contributed by atoms with E-state index >= 15 is 0 Å². The van der Waals surface area contributed by atoms with Crippen molar-refractivity contribution in [2.45, 2.75) is 30.3 Å². The Bertz CT molecular complexity index is 741. The number of nitrogens with one attached hydrogen (secondary N) is 1. The average Bonchev–Trinajstić information content (AvgIpc) is 2.96. The second kappa shape index (κ2) is 5.51. The maximum Gasteiger partial charge on any atom is 0.178 e. The summed E-state index contributed by atoms with van der Waals surface area (Å²) in [5.74, 6) is -0.305. The van der Waals surface area contributed by atoms with Gasteiger partial charge in [0, 0.05) is 12.1 Å². The molecule has 1 N–H and O–H groups in total. The first-order valence-corrected chi connectivity index (χ1v) is 9.37. The summed E-state index contributed by atoms with van der Waals surface area (Å²) in [6, 6.07) is 5.91. The van der Waals surface area contributed by atoms with Crippen LogP contribution in [0, 0.1) is 5.82 Å². The molecule has 112 valence electrons. The molecule has 0 aliphatic carbocycles. The Morgan fingerprint density at radius 3 is 2.90 bits per heavy atom. The minimum Gasteiger partial charge on any atom is -0.303 e. The Labute approximate surface area is 127 Å². The quantitative estimate of drug-likeness (QED) is 0.879. The van der Waals surface area contributed by atoms with Gasteiger partial charge in [-0.15, -0.1) is 0 Å². The van der Waals surface area contributed by atoms with Gasteiger partial charge in [-0.1, -0.05) is 0 Å². The van der Waals surface area contributed by atoms with E-state index in [-0.39, 0.29) is 22.7 Å². The first-order chi connectivity index (χ1) is 9.97. The number of rotatable bonds is 3. The lowest BCUT2D eigenvalue weighted by Crippen LogP contribution is -2.31. The minimum atomic E-state index is -3.29. The molecular weight excluding hydrogens is 309 g/mol. The van der Waals surface area contributed by atoms with Gasteiger partial charge >= 0.3 is 0 Å². The van der Waals surface area contributed by atoms with Crippen LogP contribution in [0.3, 0.4) is 0 Å². The number of hydrogen-bond acceptors (Lipinski definition) is 4. The van der Waals surface area contributed by atoms with E-state index in [1.807, 2.05) is 18.4 Å². The van der Waals surface area contributed by atoms with E-state index in [0.29, 0.717) is 12.0 Å². The monoisotopic (exact) mass is 325 g/mol. The van der Waals surface area contributed by atoms with Crippen LogP contribution in [0.5, 0.6) is 0 Å². The van der Waals surface area contributed by atoms with Crippen molar-refractivity contribution < 1.29 is 12.8 Å². The van der Waals surface area contributed by atoms with Gasteiger partial charge in [0.25, 0.3) is 0 Å². The van der Waals surface area contributed by atoms with Gasteiger partial charge in [0.05, 0.1) is 10.6 Å². The van der Waals surface area contributed by atoms with Gasteiger partial charge in [-0.2, -0.15) is 11.3 Å². The molecule has 2 aromatic rings. The highest BCUT2D eigenvalue weighted by atomic mass is 32.2. The number of sulfone groups is 1. The lowest BCUT2D eigenvalue weighted by atomic mass is 10.0. The Morgan fingerprint density at radius 2 is 2.19 bits per heavy atom. The molecule has 3 rings (SSSR count). The second-order valence-electron chi connectivity index (χ2n) is 5.29. The number of hydrogen-bond donors (Lipinski definition) is 1. The molecule has 2 heterocycles. The highest BCUT2D eigenvalue weighted by molar-refractivity contribution is 7.91. The van der Waals surface area contributed by atoms with Gasteiger partial charge < -0.3 is 5.32 Å². The molecule has 0 radical (unpaired) electrons. The van der Waals surface area contributed by atoms with E-state index < -0.39 is 15.7 Å². The molecule has 0 saturated carbocycles. The smallest absolute Gasteiger partial charge is 0.178 e. The highest BCUT2D eigenvalue weighted by Crippen LogP contribution is 2.34. The van der Waals surface area contributed by atoms with Crippen LogP contribution in [0.2, 0.25) is 0 Å². The number of halogens is 1. The maximum atomic E-state index is 13.5. The van der Waals surface area contributed by atoms with E-state index in [4.69, 9.17) is 0 Å². The van der Waals surface area contributed by atoms with Crippen LogP contribution in [-0.2, 0) is 9.84 Å². The predicted octanol–water partition coefficient (Wildman–Crippen LogP) is 3.46. The topological polar surface area (TPSA) is 46.2 Å². The Balaban J connectivity index is 1.93. The maximum absolute atomic E-state index is 13.5. The van der Waals surface area contributed by atoms with Crippen molar-refractivity contribution in [3.05, 3.63) is 52.0 Å². The van der Waals surface area contributed by atoms with Crippen LogP contribution in [0.1, 0.15) is 36.6 Å². The minimum absolute atomic E-state index is 0.0955. The summed E-state index contributed by atoms with van der Waals surface area (Å²) in [6.45, 7) is 2.03. The van der Waals surface area contributed by atoms with E-state index in [1.54, 1.807) is 11.3 Å². The molecule has 1 aromatic carbocycles. The van der Waals surface area contributed by atoms with Crippen LogP contribution in [-0.4, -0.2) is 14.2 Å². The standard InChI is InChI=1S/C15H16FNO2S2/c1-10(11-4-6-20-9-11)17-14-5-7-21(18,19)15-3-2-12(16)8-13(14)15/h2-4,6,8-10,14,17H,5,7H2,1H3. The summed E-state index contributed by atoms with van der Waals surface area (Å²) >= 11 is 1.62. The molecule has 21 heavy (non-hydrogen) atoms. The second-order valence-corrected chi connectivity index (χ2v) is 8.14. The molecule has 1 aliphatic rings. The van der Waals surface area contributed by atoms with Gasteiger partial charge in [-0.05, 0) is 59.5 Å². The molecule has 1 aromatic heterocycles.